The fourth-order valence-electron chi connectivity index (χ4n) is 1.94. The number of benzene rings is 1. The molecule has 0 aliphatic carbocycles. The summed E-state index contributed by atoms with van der Waals surface area (Å²) in [6.07, 6.45) is 0. The van der Waals surface area contributed by atoms with E-state index in [0.29, 0.717) is 17.1 Å². The van der Waals surface area contributed by atoms with Gasteiger partial charge in [0.15, 0.2) is 0 Å². The molecule has 0 amide bonds. The van der Waals surface area contributed by atoms with Crippen LogP contribution in [0.1, 0.15) is 18.5 Å². The van der Waals surface area contributed by atoms with Crippen molar-refractivity contribution in [3.63, 3.8) is 0 Å². The molecule has 1 aromatic carbocycles. The zero-order chi connectivity index (χ0) is 11.7. The number of hydrogen-bond donors (Lipinski definition) is 1. The quantitative estimate of drug-likeness (QED) is 0.863. The van der Waals surface area contributed by atoms with Crippen molar-refractivity contribution in [1.29, 1.82) is 0 Å². The minimum atomic E-state index is -0.855. The maximum absolute atomic E-state index is 13.7. The van der Waals surface area contributed by atoms with E-state index in [1.54, 1.807) is 6.07 Å². The Balaban J connectivity index is 2.26. The molecule has 5 heteroatoms. The second kappa shape index (κ2) is 4.94. The minimum absolute atomic E-state index is 0.141. The first-order valence-electron chi connectivity index (χ1n) is 5.12. The molecule has 2 rings (SSSR count). The average molecular weight is 306 g/mol. The second-order valence-electron chi connectivity index (χ2n) is 4.06. The molecule has 88 valence electrons. The van der Waals surface area contributed by atoms with Gasteiger partial charge in [0.05, 0.1) is 0 Å². The highest BCUT2D eigenvalue weighted by molar-refractivity contribution is 9.10. The third-order valence-electron chi connectivity index (χ3n) is 2.61. The van der Waals surface area contributed by atoms with Gasteiger partial charge in [-0.1, -0.05) is 22.0 Å². The molecular formula is C11H13BrFNOS. The molecule has 1 fully saturated rings. The monoisotopic (exact) mass is 305 g/mol. The van der Waals surface area contributed by atoms with Gasteiger partial charge in [-0.15, -0.1) is 0 Å². The zero-order valence-corrected chi connectivity index (χ0v) is 11.3. The van der Waals surface area contributed by atoms with Gasteiger partial charge in [0, 0.05) is 44.4 Å². The van der Waals surface area contributed by atoms with Crippen LogP contribution in [-0.2, 0) is 10.8 Å². The smallest absolute Gasteiger partial charge is 0.129 e. The van der Waals surface area contributed by atoms with Gasteiger partial charge in [-0.05, 0) is 19.1 Å². The Hall–Kier alpha value is -0.260. The van der Waals surface area contributed by atoms with Crippen molar-refractivity contribution >= 4 is 26.7 Å². The van der Waals surface area contributed by atoms with Gasteiger partial charge >= 0.3 is 0 Å². The average Bonchev–Trinajstić information content (AvgIpc) is 2.15. The van der Waals surface area contributed by atoms with Crippen molar-refractivity contribution in [2.24, 2.45) is 0 Å². The van der Waals surface area contributed by atoms with Crippen molar-refractivity contribution in [3.8, 4) is 0 Å². The van der Waals surface area contributed by atoms with Crippen LogP contribution in [-0.4, -0.2) is 21.8 Å². The van der Waals surface area contributed by atoms with Crippen LogP contribution in [0.4, 0.5) is 4.39 Å². The molecule has 1 aromatic rings. The molecule has 0 saturated carbocycles. The van der Waals surface area contributed by atoms with Crippen LogP contribution in [0.5, 0.6) is 0 Å². The van der Waals surface area contributed by atoms with E-state index in [-0.39, 0.29) is 17.9 Å². The lowest BCUT2D eigenvalue weighted by atomic mass is 10.1. The van der Waals surface area contributed by atoms with Gasteiger partial charge in [-0.25, -0.2) is 4.39 Å². The number of hydrogen-bond acceptors (Lipinski definition) is 2. The predicted octanol–water partition coefficient (Wildman–Crippen LogP) is 2.37. The van der Waals surface area contributed by atoms with Gasteiger partial charge in [0.2, 0.25) is 0 Å². The highest BCUT2D eigenvalue weighted by Crippen LogP contribution is 2.24. The number of nitrogens with one attached hydrogen (secondary N) is 1. The summed E-state index contributed by atoms with van der Waals surface area (Å²) in [4.78, 5) is 0. The third kappa shape index (κ3) is 2.70. The molecule has 1 saturated heterocycles. The molecule has 0 bridgehead atoms. The molecule has 3 unspecified atom stereocenters. The maximum atomic E-state index is 13.7. The van der Waals surface area contributed by atoms with E-state index in [4.69, 9.17) is 0 Å². The van der Waals surface area contributed by atoms with E-state index in [0.717, 1.165) is 4.47 Å². The summed E-state index contributed by atoms with van der Waals surface area (Å²) in [6, 6.07) is 5.02. The summed E-state index contributed by atoms with van der Waals surface area (Å²) in [6.45, 7) is 1.97. The topological polar surface area (TPSA) is 29.1 Å². The summed E-state index contributed by atoms with van der Waals surface area (Å²) in [5, 5.41) is 3.27. The Kier molecular flexibility index (Phi) is 3.77. The van der Waals surface area contributed by atoms with E-state index in [1.807, 2.05) is 13.0 Å². The predicted molar refractivity (Wildman–Crippen MR) is 67.3 cm³/mol. The Morgan fingerprint density at radius 2 is 2.25 bits per heavy atom. The molecule has 1 heterocycles. The van der Waals surface area contributed by atoms with E-state index >= 15 is 0 Å². The van der Waals surface area contributed by atoms with Crippen LogP contribution in [0.15, 0.2) is 22.7 Å². The van der Waals surface area contributed by atoms with Crippen molar-refractivity contribution < 1.29 is 8.60 Å². The van der Waals surface area contributed by atoms with Crippen LogP contribution in [0.2, 0.25) is 0 Å². The number of rotatable bonds is 1. The van der Waals surface area contributed by atoms with E-state index in [9.17, 15) is 8.60 Å². The molecule has 1 aliphatic rings. The van der Waals surface area contributed by atoms with Crippen molar-refractivity contribution in [2.75, 3.05) is 11.5 Å². The first-order chi connectivity index (χ1) is 7.56. The molecule has 1 N–H and O–H groups in total. The van der Waals surface area contributed by atoms with E-state index in [2.05, 4.69) is 21.2 Å². The van der Waals surface area contributed by atoms with E-state index < -0.39 is 10.8 Å². The Morgan fingerprint density at radius 3 is 2.88 bits per heavy atom. The van der Waals surface area contributed by atoms with Crippen molar-refractivity contribution in [1.82, 2.24) is 5.32 Å². The minimum Gasteiger partial charge on any atom is -0.306 e. The summed E-state index contributed by atoms with van der Waals surface area (Å²) >= 11 is 3.22. The molecule has 0 aromatic heterocycles. The van der Waals surface area contributed by atoms with Crippen LogP contribution in [0.3, 0.4) is 0 Å². The highest BCUT2D eigenvalue weighted by atomic mass is 79.9. The lowest BCUT2D eigenvalue weighted by molar-refractivity contribution is 0.470. The molecule has 0 radical (unpaired) electrons. The molecular weight excluding hydrogens is 293 g/mol. The molecule has 0 spiro atoms. The molecule has 2 nitrogen and oxygen atoms in total. The standard InChI is InChI=1S/C11H13BrFNOS/c1-7-5-16(15)6-11(14-7)9-3-2-8(12)4-10(9)13/h2-4,7,11,14H,5-6H2,1H3. The zero-order valence-electron chi connectivity index (χ0n) is 8.87. The molecule has 3 atom stereocenters. The van der Waals surface area contributed by atoms with Crippen LogP contribution < -0.4 is 5.32 Å². The second-order valence-corrected chi connectivity index (χ2v) is 6.52. The van der Waals surface area contributed by atoms with Gasteiger partial charge < -0.3 is 5.32 Å². The summed E-state index contributed by atoms with van der Waals surface area (Å²) in [7, 11) is -0.855. The van der Waals surface area contributed by atoms with Crippen molar-refractivity contribution in [2.45, 2.75) is 19.0 Å². The number of halogens is 2. The van der Waals surface area contributed by atoms with Gasteiger partial charge in [0.25, 0.3) is 0 Å². The van der Waals surface area contributed by atoms with Crippen LogP contribution in [0.25, 0.3) is 0 Å². The van der Waals surface area contributed by atoms with E-state index in [1.165, 1.54) is 6.07 Å². The Morgan fingerprint density at radius 1 is 1.50 bits per heavy atom. The molecule has 16 heavy (non-hydrogen) atoms. The molecule has 1 aliphatic heterocycles. The highest BCUT2D eigenvalue weighted by Gasteiger charge is 2.25. The van der Waals surface area contributed by atoms with Gasteiger partial charge in [0.1, 0.15) is 5.82 Å². The SMILES string of the molecule is CC1CS(=O)CC(c2ccc(Br)cc2F)N1. The normalized spacial score (nSPS) is 30.3. The lowest BCUT2D eigenvalue weighted by Gasteiger charge is -2.28. The largest absolute Gasteiger partial charge is 0.306 e. The Bertz CT molecular complexity index is 426. The van der Waals surface area contributed by atoms with Crippen molar-refractivity contribution in [3.05, 3.63) is 34.1 Å². The summed E-state index contributed by atoms with van der Waals surface area (Å²) in [5.74, 6) is 0.885. The third-order valence-corrected chi connectivity index (χ3v) is 4.68. The Labute approximate surface area is 105 Å². The fourth-order valence-corrected chi connectivity index (χ4v) is 3.71. The first kappa shape index (κ1) is 12.2. The summed E-state index contributed by atoms with van der Waals surface area (Å²) in [5.41, 5.74) is 0.600. The van der Waals surface area contributed by atoms with Crippen LogP contribution >= 0.6 is 15.9 Å². The summed E-state index contributed by atoms with van der Waals surface area (Å²) < 4.78 is 26.0. The van der Waals surface area contributed by atoms with Gasteiger partial charge in [-0.2, -0.15) is 0 Å². The maximum Gasteiger partial charge on any atom is 0.129 e. The van der Waals surface area contributed by atoms with Crippen LogP contribution in [0, 0.1) is 5.82 Å². The fraction of sp³-hybridized carbons (Fsp3) is 0.455. The first-order valence-corrected chi connectivity index (χ1v) is 7.40. The lowest BCUT2D eigenvalue weighted by Crippen LogP contribution is -2.43. The van der Waals surface area contributed by atoms with Gasteiger partial charge in [-0.3, -0.25) is 4.21 Å².